The number of fused-ring (bicyclic) bond motifs is 1. The molecule has 1 aliphatic heterocycles. The van der Waals surface area contributed by atoms with Crippen LogP contribution in [0.4, 0.5) is 0 Å². The number of nitrogens with zero attached hydrogens (tertiary/aromatic N) is 2. The summed E-state index contributed by atoms with van der Waals surface area (Å²) in [5, 5.41) is 0. The second kappa shape index (κ2) is 5.80. The van der Waals surface area contributed by atoms with Crippen LogP contribution >= 0.6 is 0 Å². The number of hydrogen-bond donors (Lipinski definition) is 1. The molecular weight excluding hydrogens is 302 g/mol. The highest BCUT2D eigenvalue weighted by atomic mass is 16.2. The minimum atomic E-state index is -0.0789. The average Bonchev–Trinajstić information content (AvgIpc) is 2.90. The predicted octanol–water partition coefficient (Wildman–Crippen LogP) is 3.07. The van der Waals surface area contributed by atoms with Crippen molar-refractivity contribution in [3.8, 4) is 0 Å². The molecule has 2 aromatic rings. The second-order valence-electron chi connectivity index (χ2n) is 7.33. The van der Waals surface area contributed by atoms with Crippen molar-refractivity contribution in [1.82, 2.24) is 14.5 Å². The Balaban J connectivity index is 1.51. The normalized spacial score (nSPS) is 21.0. The van der Waals surface area contributed by atoms with Gasteiger partial charge < -0.3 is 9.88 Å². The Morgan fingerprint density at radius 1 is 1.25 bits per heavy atom. The van der Waals surface area contributed by atoms with Gasteiger partial charge >= 0.3 is 5.69 Å². The Hall–Kier alpha value is -2.04. The van der Waals surface area contributed by atoms with Crippen molar-refractivity contribution in [1.29, 1.82) is 0 Å². The van der Waals surface area contributed by atoms with Gasteiger partial charge in [-0.15, -0.1) is 0 Å². The summed E-state index contributed by atoms with van der Waals surface area (Å²) in [7, 11) is 0. The molecule has 1 aromatic heterocycles. The number of piperidine rings is 1. The second-order valence-corrected chi connectivity index (χ2v) is 7.33. The van der Waals surface area contributed by atoms with Gasteiger partial charge in [0.15, 0.2) is 0 Å². The molecule has 4 rings (SSSR count). The van der Waals surface area contributed by atoms with Crippen molar-refractivity contribution >= 4 is 16.9 Å². The summed E-state index contributed by atoms with van der Waals surface area (Å²) in [6.45, 7) is 3.66. The number of para-hydroxylation sites is 2. The summed E-state index contributed by atoms with van der Waals surface area (Å²) in [5.74, 6) is 0.348. The van der Waals surface area contributed by atoms with Gasteiger partial charge in [-0.2, -0.15) is 0 Å². The third kappa shape index (κ3) is 2.29. The fourth-order valence-electron chi connectivity index (χ4n) is 4.42. The van der Waals surface area contributed by atoms with Crippen LogP contribution in [-0.2, 0) is 4.79 Å². The lowest BCUT2D eigenvalue weighted by Crippen LogP contribution is -2.50. The van der Waals surface area contributed by atoms with Crippen LogP contribution in [0.2, 0.25) is 0 Å². The molecule has 2 aliphatic rings. The molecule has 1 amide bonds. The SMILES string of the molecule is CCC1(C(=O)N2CCC(n3c(=O)[nH]c4ccccc43)CC2)CCC1. The number of carbonyl (C=O) groups excluding carboxylic acids is 1. The van der Waals surface area contributed by atoms with Crippen LogP contribution in [0.3, 0.4) is 0 Å². The third-order valence-corrected chi connectivity index (χ3v) is 6.18. The first kappa shape index (κ1) is 15.5. The highest BCUT2D eigenvalue weighted by Crippen LogP contribution is 2.45. The van der Waals surface area contributed by atoms with Gasteiger partial charge in [-0.1, -0.05) is 25.5 Å². The molecule has 0 radical (unpaired) electrons. The van der Waals surface area contributed by atoms with Crippen molar-refractivity contribution in [3.05, 3.63) is 34.7 Å². The number of benzene rings is 1. The Morgan fingerprint density at radius 2 is 1.96 bits per heavy atom. The number of likely N-dealkylation sites (tertiary alicyclic amines) is 1. The van der Waals surface area contributed by atoms with E-state index in [0.29, 0.717) is 5.91 Å². The molecule has 2 heterocycles. The smallest absolute Gasteiger partial charge is 0.326 e. The van der Waals surface area contributed by atoms with Gasteiger partial charge in [0, 0.05) is 24.5 Å². The van der Waals surface area contributed by atoms with Gasteiger partial charge in [0.1, 0.15) is 0 Å². The van der Waals surface area contributed by atoms with Gasteiger partial charge in [0.2, 0.25) is 5.91 Å². The van der Waals surface area contributed by atoms with Crippen LogP contribution < -0.4 is 5.69 Å². The van der Waals surface area contributed by atoms with Crippen LogP contribution in [0.5, 0.6) is 0 Å². The fraction of sp³-hybridized carbons (Fsp3) is 0.579. The van der Waals surface area contributed by atoms with Crippen molar-refractivity contribution < 1.29 is 4.79 Å². The molecule has 128 valence electrons. The highest BCUT2D eigenvalue weighted by Gasteiger charge is 2.45. The standard InChI is InChI=1S/C19H25N3O2/c1-2-19(10-5-11-19)17(23)21-12-8-14(9-13-21)22-16-7-4-3-6-15(16)20-18(22)24/h3-4,6-7,14H,2,5,8-13H2,1H3,(H,20,24). The number of amides is 1. The number of carbonyl (C=O) groups is 1. The zero-order chi connectivity index (χ0) is 16.7. The number of rotatable bonds is 3. The quantitative estimate of drug-likeness (QED) is 0.942. The van der Waals surface area contributed by atoms with Crippen molar-refractivity contribution in [2.45, 2.75) is 51.5 Å². The Morgan fingerprint density at radius 3 is 2.58 bits per heavy atom. The van der Waals surface area contributed by atoms with E-state index in [1.165, 1.54) is 6.42 Å². The summed E-state index contributed by atoms with van der Waals surface area (Å²) in [6, 6.07) is 8.01. The summed E-state index contributed by atoms with van der Waals surface area (Å²) < 4.78 is 1.89. The summed E-state index contributed by atoms with van der Waals surface area (Å²) in [6.07, 6.45) is 5.93. The van der Waals surface area contributed by atoms with Crippen LogP contribution in [0, 0.1) is 5.41 Å². The number of aromatic amines is 1. The number of hydrogen-bond acceptors (Lipinski definition) is 2. The van der Waals surface area contributed by atoms with E-state index in [0.717, 1.165) is 56.2 Å². The van der Waals surface area contributed by atoms with E-state index < -0.39 is 0 Å². The van der Waals surface area contributed by atoms with Gasteiger partial charge in [-0.25, -0.2) is 4.79 Å². The first-order chi connectivity index (χ1) is 11.6. The number of nitrogens with one attached hydrogen (secondary N) is 1. The van der Waals surface area contributed by atoms with Gasteiger partial charge in [-0.3, -0.25) is 9.36 Å². The molecule has 1 N–H and O–H groups in total. The van der Waals surface area contributed by atoms with Gasteiger partial charge in [-0.05, 0) is 44.2 Å². The van der Waals surface area contributed by atoms with Crippen molar-refractivity contribution in [3.63, 3.8) is 0 Å². The molecule has 1 saturated heterocycles. The lowest BCUT2D eigenvalue weighted by atomic mass is 9.66. The molecule has 0 bridgehead atoms. The summed E-state index contributed by atoms with van der Waals surface area (Å²) in [5.41, 5.74) is 1.74. The summed E-state index contributed by atoms with van der Waals surface area (Å²) in [4.78, 5) is 30.2. The van der Waals surface area contributed by atoms with E-state index in [2.05, 4.69) is 11.9 Å². The molecule has 5 nitrogen and oxygen atoms in total. The lowest BCUT2D eigenvalue weighted by molar-refractivity contribution is -0.149. The Kier molecular flexibility index (Phi) is 3.74. The van der Waals surface area contributed by atoms with Crippen LogP contribution in [0.15, 0.2) is 29.1 Å². The highest BCUT2D eigenvalue weighted by molar-refractivity contribution is 5.83. The van der Waals surface area contributed by atoms with Crippen LogP contribution in [-0.4, -0.2) is 33.4 Å². The van der Waals surface area contributed by atoms with E-state index in [1.54, 1.807) is 0 Å². The minimum absolute atomic E-state index is 0.0370. The molecule has 0 spiro atoms. The molecule has 1 aliphatic carbocycles. The molecule has 2 fully saturated rings. The topological polar surface area (TPSA) is 58.1 Å². The zero-order valence-electron chi connectivity index (χ0n) is 14.3. The van der Waals surface area contributed by atoms with Crippen molar-refractivity contribution in [2.24, 2.45) is 5.41 Å². The minimum Gasteiger partial charge on any atom is -0.342 e. The molecule has 0 unspecified atom stereocenters. The Bertz CT molecular complexity index is 802. The summed E-state index contributed by atoms with van der Waals surface area (Å²) >= 11 is 0. The monoisotopic (exact) mass is 327 g/mol. The fourth-order valence-corrected chi connectivity index (χ4v) is 4.42. The van der Waals surface area contributed by atoms with E-state index in [9.17, 15) is 9.59 Å². The first-order valence-corrected chi connectivity index (χ1v) is 9.13. The zero-order valence-corrected chi connectivity index (χ0v) is 14.3. The molecule has 1 saturated carbocycles. The van der Waals surface area contributed by atoms with Gasteiger partial charge in [0.05, 0.1) is 11.0 Å². The first-order valence-electron chi connectivity index (χ1n) is 9.13. The number of aromatic nitrogens is 2. The van der Waals surface area contributed by atoms with E-state index >= 15 is 0 Å². The van der Waals surface area contributed by atoms with E-state index in [-0.39, 0.29) is 17.1 Å². The molecule has 1 aromatic carbocycles. The molecule has 24 heavy (non-hydrogen) atoms. The van der Waals surface area contributed by atoms with E-state index in [4.69, 9.17) is 0 Å². The maximum atomic E-state index is 12.9. The predicted molar refractivity (Wildman–Crippen MR) is 94.0 cm³/mol. The van der Waals surface area contributed by atoms with E-state index in [1.807, 2.05) is 33.7 Å². The lowest BCUT2D eigenvalue weighted by Gasteiger charge is -2.45. The maximum absolute atomic E-state index is 12.9. The van der Waals surface area contributed by atoms with Crippen LogP contribution in [0.1, 0.15) is 51.5 Å². The van der Waals surface area contributed by atoms with Crippen LogP contribution in [0.25, 0.3) is 11.0 Å². The largest absolute Gasteiger partial charge is 0.342 e. The maximum Gasteiger partial charge on any atom is 0.326 e. The number of H-pyrrole nitrogens is 1. The third-order valence-electron chi connectivity index (χ3n) is 6.18. The Labute approximate surface area is 141 Å². The molecule has 0 atom stereocenters. The number of imidazole rings is 1. The van der Waals surface area contributed by atoms with Gasteiger partial charge in [0.25, 0.3) is 0 Å². The molecule has 5 heteroatoms. The molecular formula is C19H25N3O2. The average molecular weight is 327 g/mol. The van der Waals surface area contributed by atoms with Crippen molar-refractivity contribution in [2.75, 3.05) is 13.1 Å².